The van der Waals surface area contributed by atoms with Crippen molar-refractivity contribution in [2.75, 3.05) is 25.1 Å². The summed E-state index contributed by atoms with van der Waals surface area (Å²) in [5, 5.41) is 12.7. The van der Waals surface area contributed by atoms with Crippen LogP contribution in [0.15, 0.2) is 24.5 Å². The minimum Gasteiger partial charge on any atom is -0.474 e. The Bertz CT molecular complexity index is 1000. The van der Waals surface area contributed by atoms with E-state index in [1.54, 1.807) is 18.2 Å². The largest absolute Gasteiger partial charge is 0.474 e. The van der Waals surface area contributed by atoms with Crippen LogP contribution in [-0.4, -0.2) is 52.8 Å². The second kappa shape index (κ2) is 9.22. The van der Waals surface area contributed by atoms with Crippen molar-refractivity contribution in [3.8, 4) is 11.9 Å². The van der Waals surface area contributed by atoms with Crippen molar-refractivity contribution >= 4 is 23.1 Å². The quantitative estimate of drug-likeness (QED) is 0.698. The third-order valence-electron chi connectivity index (χ3n) is 5.95. The molecular weight excluding hydrogens is 426 g/mol. The summed E-state index contributed by atoms with van der Waals surface area (Å²) < 4.78 is 12.2. The minimum atomic E-state index is 0.0880. The van der Waals surface area contributed by atoms with E-state index in [0.29, 0.717) is 40.1 Å². The maximum Gasteiger partial charge on any atom is 0.221 e. The first kappa shape index (κ1) is 22.8. The highest BCUT2D eigenvalue weighted by molar-refractivity contribution is 6.33. The zero-order valence-electron chi connectivity index (χ0n) is 19.1. The number of aromatic nitrogens is 2. The van der Waals surface area contributed by atoms with Crippen LogP contribution >= 0.6 is 11.6 Å². The SMILES string of the molecule is Cc1c(Nc2ccc(C#N)cc2Cl)ncnc1O[C@H]1C[C@H]2COC[C@@H](C1)N2CC(C)(C)C. The van der Waals surface area contributed by atoms with E-state index in [0.717, 1.165) is 38.2 Å². The molecular formula is C24H30ClN5O2. The molecule has 2 saturated heterocycles. The first-order chi connectivity index (χ1) is 15.2. The Hall–Kier alpha value is -2.40. The van der Waals surface area contributed by atoms with E-state index in [2.05, 4.69) is 47.0 Å². The lowest BCUT2D eigenvalue weighted by Crippen LogP contribution is -2.60. The Kier molecular flexibility index (Phi) is 6.57. The van der Waals surface area contributed by atoms with Crippen molar-refractivity contribution in [1.82, 2.24) is 14.9 Å². The molecule has 2 aromatic rings. The summed E-state index contributed by atoms with van der Waals surface area (Å²) in [6.45, 7) is 11.3. The minimum absolute atomic E-state index is 0.0880. The molecule has 3 heterocycles. The fourth-order valence-electron chi connectivity index (χ4n) is 4.49. The van der Waals surface area contributed by atoms with E-state index in [9.17, 15) is 0 Å². The van der Waals surface area contributed by atoms with Crippen LogP contribution in [0.4, 0.5) is 11.5 Å². The van der Waals surface area contributed by atoms with Crippen LogP contribution in [0.1, 0.15) is 44.7 Å². The summed E-state index contributed by atoms with van der Waals surface area (Å²) in [5.41, 5.74) is 2.27. The molecule has 4 rings (SSSR count). The Morgan fingerprint density at radius 2 is 1.97 bits per heavy atom. The van der Waals surface area contributed by atoms with Crippen LogP contribution in [-0.2, 0) is 4.74 Å². The fourth-order valence-corrected chi connectivity index (χ4v) is 4.72. The van der Waals surface area contributed by atoms with Gasteiger partial charge in [-0.2, -0.15) is 5.26 Å². The van der Waals surface area contributed by atoms with Gasteiger partial charge in [-0.3, -0.25) is 4.90 Å². The number of morpholine rings is 1. The molecule has 1 aromatic heterocycles. The third kappa shape index (κ3) is 5.15. The molecule has 1 aromatic carbocycles. The number of piperidine rings is 1. The molecule has 2 bridgehead atoms. The molecule has 170 valence electrons. The summed E-state index contributed by atoms with van der Waals surface area (Å²) in [4.78, 5) is 11.4. The molecule has 2 fully saturated rings. The maximum atomic E-state index is 9.03. The molecule has 0 amide bonds. The Balaban J connectivity index is 1.47. The highest BCUT2D eigenvalue weighted by Gasteiger charge is 2.41. The zero-order valence-corrected chi connectivity index (χ0v) is 19.8. The monoisotopic (exact) mass is 455 g/mol. The first-order valence-electron chi connectivity index (χ1n) is 11.0. The molecule has 2 aliphatic rings. The lowest BCUT2D eigenvalue weighted by atomic mass is 9.87. The van der Waals surface area contributed by atoms with Crippen molar-refractivity contribution < 1.29 is 9.47 Å². The van der Waals surface area contributed by atoms with Gasteiger partial charge in [0.2, 0.25) is 5.88 Å². The predicted molar refractivity (Wildman–Crippen MR) is 124 cm³/mol. The van der Waals surface area contributed by atoms with Crippen molar-refractivity contribution in [2.45, 2.75) is 58.7 Å². The van der Waals surface area contributed by atoms with Crippen molar-refractivity contribution in [3.63, 3.8) is 0 Å². The van der Waals surface area contributed by atoms with Gasteiger partial charge in [0.25, 0.3) is 0 Å². The molecule has 0 aliphatic carbocycles. The van der Waals surface area contributed by atoms with E-state index < -0.39 is 0 Å². The van der Waals surface area contributed by atoms with Gasteiger partial charge in [0.05, 0.1) is 41.1 Å². The molecule has 2 aliphatic heterocycles. The van der Waals surface area contributed by atoms with Gasteiger partial charge < -0.3 is 14.8 Å². The number of ether oxygens (including phenoxy) is 2. The van der Waals surface area contributed by atoms with Gasteiger partial charge in [-0.25, -0.2) is 9.97 Å². The van der Waals surface area contributed by atoms with Gasteiger partial charge in [0, 0.05) is 31.5 Å². The molecule has 1 N–H and O–H groups in total. The predicted octanol–water partition coefficient (Wildman–Crippen LogP) is 4.71. The molecule has 0 unspecified atom stereocenters. The average molecular weight is 456 g/mol. The summed E-state index contributed by atoms with van der Waals surface area (Å²) >= 11 is 6.31. The molecule has 0 radical (unpaired) electrons. The van der Waals surface area contributed by atoms with Crippen LogP contribution in [0, 0.1) is 23.7 Å². The van der Waals surface area contributed by atoms with Gasteiger partial charge in [0.15, 0.2) is 0 Å². The second-order valence-corrected chi connectivity index (χ2v) is 10.3. The van der Waals surface area contributed by atoms with Gasteiger partial charge in [-0.15, -0.1) is 0 Å². The molecule has 7 nitrogen and oxygen atoms in total. The number of benzene rings is 1. The fraction of sp³-hybridized carbons (Fsp3) is 0.542. The first-order valence-corrected chi connectivity index (χ1v) is 11.4. The average Bonchev–Trinajstić information content (AvgIpc) is 2.71. The number of fused-ring (bicyclic) bond motifs is 2. The highest BCUT2D eigenvalue weighted by atomic mass is 35.5. The molecule has 0 spiro atoms. The number of hydrogen-bond acceptors (Lipinski definition) is 7. The molecule has 3 atom stereocenters. The van der Waals surface area contributed by atoms with E-state index in [1.165, 1.54) is 6.33 Å². The second-order valence-electron chi connectivity index (χ2n) is 9.87. The number of rotatable bonds is 5. The lowest BCUT2D eigenvalue weighted by Gasteiger charge is -2.50. The smallest absolute Gasteiger partial charge is 0.221 e. The highest BCUT2D eigenvalue weighted by Crippen LogP contribution is 2.34. The van der Waals surface area contributed by atoms with Gasteiger partial charge in [0.1, 0.15) is 18.2 Å². The maximum absolute atomic E-state index is 9.03. The number of nitrogens with one attached hydrogen (secondary N) is 1. The van der Waals surface area contributed by atoms with Gasteiger partial charge >= 0.3 is 0 Å². The van der Waals surface area contributed by atoms with Crippen molar-refractivity contribution in [3.05, 3.63) is 40.7 Å². The van der Waals surface area contributed by atoms with Gasteiger partial charge in [-0.05, 0) is 30.5 Å². The number of hydrogen-bond donors (Lipinski definition) is 1. The molecule has 8 heteroatoms. The van der Waals surface area contributed by atoms with Crippen LogP contribution in [0.25, 0.3) is 0 Å². The number of nitriles is 1. The lowest BCUT2D eigenvalue weighted by molar-refractivity contribution is -0.109. The van der Waals surface area contributed by atoms with E-state index >= 15 is 0 Å². The number of nitrogens with zero attached hydrogens (tertiary/aromatic N) is 4. The van der Waals surface area contributed by atoms with Crippen molar-refractivity contribution in [2.24, 2.45) is 5.41 Å². The number of anilines is 2. The molecule has 32 heavy (non-hydrogen) atoms. The van der Waals surface area contributed by atoms with Crippen LogP contribution in [0.3, 0.4) is 0 Å². The van der Waals surface area contributed by atoms with Gasteiger partial charge in [-0.1, -0.05) is 32.4 Å². The third-order valence-corrected chi connectivity index (χ3v) is 6.27. The topological polar surface area (TPSA) is 83.3 Å². The van der Waals surface area contributed by atoms with Crippen LogP contribution < -0.4 is 10.1 Å². The standard InChI is InChI=1S/C24H30ClN5O2/c1-15-22(29-21-6-5-16(10-26)7-20(21)25)27-14-28-23(15)32-19-8-17-11-31-12-18(9-19)30(17)13-24(2,3)4/h5-7,14,17-19H,8-9,11-13H2,1-4H3,(H,27,28,29)/t17-,18+,19-. The Labute approximate surface area is 194 Å². The summed E-state index contributed by atoms with van der Waals surface area (Å²) in [5.74, 6) is 1.22. The zero-order chi connectivity index (χ0) is 22.9. The Morgan fingerprint density at radius 3 is 2.59 bits per heavy atom. The summed E-state index contributed by atoms with van der Waals surface area (Å²) in [6, 6.07) is 7.93. The number of halogens is 1. The van der Waals surface area contributed by atoms with E-state index in [1.807, 2.05) is 6.92 Å². The van der Waals surface area contributed by atoms with E-state index in [4.69, 9.17) is 26.3 Å². The van der Waals surface area contributed by atoms with E-state index in [-0.39, 0.29) is 11.5 Å². The Morgan fingerprint density at radius 1 is 1.25 bits per heavy atom. The summed E-state index contributed by atoms with van der Waals surface area (Å²) in [7, 11) is 0. The summed E-state index contributed by atoms with van der Waals surface area (Å²) in [6.07, 6.45) is 3.42. The molecule has 0 saturated carbocycles. The van der Waals surface area contributed by atoms with Crippen LogP contribution in [0.2, 0.25) is 5.02 Å². The van der Waals surface area contributed by atoms with Crippen molar-refractivity contribution in [1.29, 1.82) is 5.26 Å². The normalized spacial score (nSPS) is 23.4. The van der Waals surface area contributed by atoms with Crippen LogP contribution in [0.5, 0.6) is 5.88 Å².